The third kappa shape index (κ3) is 6.25. The first kappa shape index (κ1) is 15.5. The minimum absolute atomic E-state index is 0.431. The molecule has 104 valence electrons. The smallest absolute Gasteiger partial charge is 0.0958 e. The highest BCUT2D eigenvalue weighted by Crippen LogP contribution is 2.12. The lowest BCUT2D eigenvalue weighted by atomic mass is 10.0. The molecule has 1 atom stereocenters. The van der Waals surface area contributed by atoms with E-state index in [0.717, 1.165) is 31.3 Å². The molecule has 2 heteroatoms. The molecule has 0 heterocycles. The van der Waals surface area contributed by atoms with Crippen molar-refractivity contribution >= 4 is 0 Å². The number of aliphatic hydroxyl groups is 1. The van der Waals surface area contributed by atoms with Crippen LogP contribution in [0, 0.1) is 0 Å². The van der Waals surface area contributed by atoms with Crippen molar-refractivity contribution in [2.75, 3.05) is 6.54 Å². The zero-order chi connectivity index (χ0) is 13.9. The summed E-state index contributed by atoms with van der Waals surface area (Å²) in [5, 5.41) is 13.1. The molecular formula is C17H25NO. The summed E-state index contributed by atoms with van der Waals surface area (Å²) in [6.07, 6.45) is 17.8. The van der Waals surface area contributed by atoms with Gasteiger partial charge in [-0.15, -0.1) is 0 Å². The Morgan fingerprint density at radius 3 is 3.00 bits per heavy atom. The quantitative estimate of drug-likeness (QED) is 0.652. The molecule has 0 aromatic rings. The Morgan fingerprint density at radius 2 is 2.37 bits per heavy atom. The average Bonchev–Trinajstić information content (AvgIpc) is 2.46. The molecule has 0 saturated heterocycles. The van der Waals surface area contributed by atoms with Gasteiger partial charge in [0.15, 0.2) is 0 Å². The topological polar surface area (TPSA) is 32.3 Å². The van der Waals surface area contributed by atoms with Crippen LogP contribution in [0.25, 0.3) is 0 Å². The monoisotopic (exact) mass is 259 g/mol. The van der Waals surface area contributed by atoms with Crippen LogP contribution in [0.5, 0.6) is 0 Å². The minimum Gasteiger partial charge on any atom is -0.388 e. The van der Waals surface area contributed by atoms with Crippen LogP contribution in [0.2, 0.25) is 0 Å². The molecule has 0 aromatic heterocycles. The number of hydrogen-bond donors (Lipinski definition) is 2. The Balaban J connectivity index is 2.31. The molecule has 2 nitrogen and oxygen atoms in total. The molecule has 1 aliphatic rings. The molecule has 1 rings (SSSR count). The van der Waals surface area contributed by atoms with Gasteiger partial charge in [0.25, 0.3) is 0 Å². The highest BCUT2D eigenvalue weighted by atomic mass is 16.3. The van der Waals surface area contributed by atoms with Crippen LogP contribution < -0.4 is 5.32 Å². The fourth-order valence-electron chi connectivity index (χ4n) is 1.96. The Bertz CT molecular complexity index is 388. The van der Waals surface area contributed by atoms with Gasteiger partial charge >= 0.3 is 0 Å². The molecule has 0 bridgehead atoms. The molecule has 1 unspecified atom stereocenters. The van der Waals surface area contributed by atoms with E-state index in [-0.39, 0.29) is 0 Å². The van der Waals surface area contributed by atoms with Crippen molar-refractivity contribution in [1.82, 2.24) is 5.32 Å². The number of rotatable bonds is 8. The summed E-state index contributed by atoms with van der Waals surface area (Å²) in [7, 11) is 0. The molecule has 0 amide bonds. The van der Waals surface area contributed by atoms with Crippen molar-refractivity contribution in [1.29, 1.82) is 0 Å². The maximum Gasteiger partial charge on any atom is 0.0958 e. The Labute approximate surface area is 116 Å². The number of allylic oxidation sites excluding steroid dienone is 6. The van der Waals surface area contributed by atoms with Gasteiger partial charge in [-0.1, -0.05) is 50.3 Å². The predicted octanol–water partition coefficient (Wildman–Crippen LogP) is 3.64. The van der Waals surface area contributed by atoms with Gasteiger partial charge in [-0.2, -0.15) is 0 Å². The first-order valence-corrected chi connectivity index (χ1v) is 7.04. The lowest BCUT2D eigenvalue weighted by Crippen LogP contribution is -2.24. The van der Waals surface area contributed by atoms with E-state index in [1.54, 1.807) is 0 Å². The third-order valence-electron chi connectivity index (χ3n) is 3.04. The second kappa shape index (κ2) is 9.40. The van der Waals surface area contributed by atoms with E-state index in [0.29, 0.717) is 6.54 Å². The molecule has 0 radical (unpaired) electrons. The van der Waals surface area contributed by atoms with Gasteiger partial charge in [-0.3, -0.25) is 0 Å². The first-order chi connectivity index (χ1) is 9.27. The largest absolute Gasteiger partial charge is 0.388 e. The summed E-state index contributed by atoms with van der Waals surface area (Å²) in [5.74, 6) is 0. The normalized spacial score (nSPS) is 17.4. The standard InChI is InChI=1S/C17H25NO/c1-3-9-15(4-2)10-8-13-18-14-17(19)16-11-6-5-7-12-16/h4,6,8,10-13,17-19H,2-3,5,7,9,14H2,1H3/b13-8+,15-10+. The van der Waals surface area contributed by atoms with Crippen molar-refractivity contribution in [3.8, 4) is 0 Å². The fourth-order valence-corrected chi connectivity index (χ4v) is 1.96. The van der Waals surface area contributed by atoms with Crippen molar-refractivity contribution in [2.24, 2.45) is 0 Å². The van der Waals surface area contributed by atoms with Gasteiger partial charge in [-0.25, -0.2) is 0 Å². The van der Waals surface area contributed by atoms with E-state index in [4.69, 9.17) is 0 Å². The summed E-state index contributed by atoms with van der Waals surface area (Å²) in [4.78, 5) is 0. The summed E-state index contributed by atoms with van der Waals surface area (Å²) in [6, 6.07) is 0. The maximum absolute atomic E-state index is 9.97. The molecule has 2 N–H and O–H groups in total. The summed E-state index contributed by atoms with van der Waals surface area (Å²) >= 11 is 0. The Morgan fingerprint density at radius 1 is 1.53 bits per heavy atom. The molecule has 0 aliphatic heterocycles. The van der Waals surface area contributed by atoms with Crippen LogP contribution in [0.1, 0.15) is 32.6 Å². The first-order valence-electron chi connectivity index (χ1n) is 7.04. The SMILES string of the molecule is C=C/C(=C\C=C\NCC(O)C1=CCCC=C1)CCC. The summed E-state index contributed by atoms with van der Waals surface area (Å²) in [6.45, 7) is 6.48. The lowest BCUT2D eigenvalue weighted by molar-refractivity contribution is 0.215. The van der Waals surface area contributed by atoms with Gasteiger partial charge in [0.2, 0.25) is 0 Å². The maximum atomic E-state index is 9.97. The van der Waals surface area contributed by atoms with Gasteiger partial charge in [0.05, 0.1) is 6.10 Å². The second-order valence-electron chi connectivity index (χ2n) is 4.66. The van der Waals surface area contributed by atoms with E-state index in [9.17, 15) is 5.11 Å². The van der Waals surface area contributed by atoms with Gasteiger partial charge < -0.3 is 10.4 Å². The van der Waals surface area contributed by atoms with E-state index in [2.05, 4.69) is 37.0 Å². The molecule has 0 fully saturated rings. The van der Waals surface area contributed by atoms with Crippen LogP contribution in [-0.4, -0.2) is 17.8 Å². The van der Waals surface area contributed by atoms with Crippen LogP contribution in [0.15, 0.2) is 60.4 Å². The Kier molecular flexibility index (Phi) is 7.68. The van der Waals surface area contributed by atoms with Crippen LogP contribution in [-0.2, 0) is 0 Å². The van der Waals surface area contributed by atoms with E-state index in [1.165, 1.54) is 5.57 Å². The Hall–Kier alpha value is -1.54. The lowest BCUT2D eigenvalue weighted by Gasteiger charge is -2.14. The molecule has 0 aromatic carbocycles. The highest BCUT2D eigenvalue weighted by molar-refractivity contribution is 5.26. The molecular weight excluding hydrogens is 234 g/mol. The zero-order valence-corrected chi connectivity index (χ0v) is 11.8. The molecule has 0 spiro atoms. The van der Waals surface area contributed by atoms with Gasteiger partial charge in [-0.05, 0) is 42.7 Å². The van der Waals surface area contributed by atoms with Gasteiger partial charge in [0, 0.05) is 6.54 Å². The zero-order valence-electron chi connectivity index (χ0n) is 11.8. The van der Waals surface area contributed by atoms with E-state index < -0.39 is 6.10 Å². The fraction of sp³-hybridized carbons (Fsp3) is 0.412. The number of aliphatic hydroxyl groups excluding tert-OH is 1. The predicted molar refractivity (Wildman–Crippen MR) is 82.8 cm³/mol. The highest BCUT2D eigenvalue weighted by Gasteiger charge is 2.08. The molecule has 19 heavy (non-hydrogen) atoms. The van der Waals surface area contributed by atoms with Crippen LogP contribution in [0.4, 0.5) is 0 Å². The van der Waals surface area contributed by atoms with Crippen molar-refractivity contribution in [2.45, 2.75) is 38.7 Å². The van der Waals surface area contributed by atoms with Crippen molar-refractivity contribution in [3.05, 3.63) is 60.4 Å². The van der Waals surface area contributed by atoms with Crippen LogP contribution >= 0.6 is 0 Å². The summed E-state index contributed by atoms with van der Waals surface area (Å²) < 4.78 is 0. The van der Waals surface area contributed by atoms with E-state index in [1.807, 2.05) is 24.4 Å². The summed E-state index contributed by atoms with van der Waals surface area (Å²) in [5.41, 5.74) is 2.25. The molecule has 1 aliphatic carbocycles. The average molecular weight is 259 g/mol. The number of nitrogens with one attached hydrogen (secondary N) is 1. The van der Waals surface area contributed by atoms with Crippen molar-refractivity contribution in [3.63, 3.8) is 0 Å². The minimum atomic E-state index is -0.431. The third-order valence-corrected chi connectivity index (χ3v) is 3.04. The van der Waals surface area contributed by atoms with Crippen molar-refractivity contribution < 1.29 is 5.11 Å². The van der Waals surface area contributed by atoms with Gasteiger partial charge in [0.1, 0.15) is 0 Å². The van der Waals surface area contributed by atoms with E-state index >= 15 is 0 Å². The second-order valence-corrected chi connectivity index (χ2v) is 4.66. The molecule has 0 saturated carbocycles. The number of hydrogen-bond acceptors (Lipinski definition) is 2. The van der Waals surface area contributed by atoms with Crippen LogP contribution in [0.3, 0.4) is 0 Å².